The summed E-state index contributed by atoms with van der Waals surface area (Å²) >= 11 is 8.00. The zero-order valence-corrected chi connectivity index (χ0v) is 12.0. The molecule has 0 aliphatic rings. The number of benzene rings is 1. The molecule has 0 bridgehead atoms. The van der Waals surface area contributed by atoms with E-state index in [-0.39, 0.29) is 5.28 Å². The van der Waals surface area contributed by atoms with Gasteiger partial charge in [-0.3, -0.25) is 0 Å². The molecule has 0 amide bonds. The summed E-state index contributed by atoms with van der Waals surface area (Å²) in [7, 11) is 0. The molecule has 6 heteroatoms. The second kappa shape index (κ2) is 5.05. The highest BCUT2D eigenvalue weighted by atomic mass is 127. The van der Waals surface area contributed by atoms with E-state index in [0.717, 1.165) is 5.69 Å². The number of hydrogen-bond donors (Lipinski definition) is 2. The van der Waals surface area contributed by atoms with Crippen LogP contribution in [-0.2, 0) is 0 Å². The van der Waals surface area contributed by atoms with Crippen LogP contribution in [0.4, 0.5) is 17.2 Å². The van der Waals surface area contributed by atoms with Crippen molar-refractivity contribution in [1.29, 1.82) is 0 Å². The average Bonchev–Trinajstić information content (AvgIpc) is 2.29. The number of aryl methyl sites for hydroxylation is 1. The molecule has 0 aliphatic carbocycles. The first-order chi connectivity index (χ1) is 8.06. The van der Waals surface area contributed by atoms with Gasteiger partial charge in [-0.15, -0.1) is 0 Å². The number of aromatic nitrogens is 2. The van der Waals surface area contributed by atoms with Crippen LogP contribution in [0.5, 0.6) is 0 Å². The van der Waals surface area contributed by atoms with Crippen LogP contribution in [0.25, 0.3) is 0 Å². The quantitative estimate of drug-likeness (QED) is 0.637. The van der Waals surface area contributed by atoms with Gasteiger partial charge in [0.1, 0.15) is 0 Å². The number of halogens is 2. The molecule has 1 aromatic heterocycles. The number of nitrogens with zero attached hydrogens (tertiary/aromatic N) is 2. The van der Waals surface area contributed by atoms with Crippen LogP contribution >= 0.6 is 34.2 Å². The van der Waals surface area contributed by atoms with Gasteiger partial charge in [-0.2, -0.15) is 4.98 Å². The summed E-state index contributed by atoms with van der Waals surface area (Å²) in [4.78, 5) is 7.84. The van der Waals surface area contributed by atoms with Gasteiger partial charge < -0.3 is 11.1 Å². The maximum atomic E-state index is 5.76. The Morgan fingerprint density at radius 3 is 2.88 bits per heavy atom. The molecule has 1 aromatic carbocycles. The first-order valence-corrected chi connectivity index (χ1v) is 6.33. The van der Waals surface area contributed by atoms with Crippen molar-refractivity contribution in [2.24, 2.45) is 0 Å². The maximum absolute atomic E-state index is 5.76. The van der Waals surface area contributed by atoms with Crippen LogP contribution in [0.1, 0.15) is 5.56 Å². The summed E-state index contributed by atoms with van der Waals surface area (Å²) in [5.74, 6) is 0.518. The zero-order valence-electron chi connectivity index (χ0n) is 9.04. The molecule has 0 spiro atoms. The molecule has 2 aromatic rings. The first kappa shape index (κ1) is 12.4. The van der Waals surface area contributed by atoms with Crippen molar-refractivity contribution in [2.75, 3.05) is 11.1 Å². The molecule has 0 fully saturated rings. The molecule has 3 N–H and O–H groups in total. The highest BCUT2D eigenvalue weighted by Crippen LogP contribution is 2.23. The van der Waals surface area contributed by atoms with Gasteiger partial charge in [0.25, 0.3) is 0 Å². The Bertz CT molecular complexity index is 559. The maximum Gasteiger partial charge on any atom is 0.224 e. The second-order valence-electron chi connectivity index (χ2n) is 3.53. The zero-order chi connectivity index (χ0) is 12.4. The molecule has 0 unspecified atom stereocenters. The predicted molar refractivity (Wildman–Crippen MR) is 78.6 cm³/mol. The largest absolute Gasteiger partial charge is 0.394 e. The van der Waals surface area contributed by atoms with E-state index < -0.39 is 0 Å². The normalized spacial score (nSPS) is 10.3. The van der Waals surface area contributed by atoms with E-state index in [1.165, 1.54) is 15.3 Å². The summed E-state index contributed by atoms with van der Waals surface area (Å²) in [6, 6.07) is 6.02. The summed E-state index contributed by atoms with van der Waals surface area (Å²) in [6.45, 7) is 2.06. The lowest BCUT2D eigenvalue weighted by atomic mass is 10.2. The molecular formula is C11H10ClIN4. The van der Waals surface area contributed by atoms with Gasteiger partial charge in [0, 0.05) is 9.26 Å². The number of hydrogen-bond acceptors (Lipinski definition) is 4. The third-order valence-corrected chi connectivity index (χ3v) is 3.57. The van der Waals surface area contributed by atoms with E-state index in [1.807, 2.05) is 18.2 Å². The number of nitrogens with two attached hydrogens (primary N) is 1. The van der Waals surface area contributed by atoms with Gasteiger partial charge in [0.15, 0.2) is 5.82 Å². The lowest BCUT2D eigenvalue weighted by Crippen LogP contribution is -2.01. The molecule has 2 rings (SSSR count). The van der Waals surface area contributed by atoms with Gasteiger partial charge in [-0.1, -0.05) is 6.07 Å². The Kier molecular flexibility index (Phi) is 3.68. The fraction of sp³-hybridized carbons (Fsp3) is 0.0909. The van der Waals surface area contributed by atoms with Crippen molar-refractivity contribution < 1.29 is 0 Å². The van der Waals surface area contributed by atoms with E-state index in [9.17, 15) is 0 Å². The minimum atomic E-state index is 0.170. The molecule has 0 aliphatic heterocycles. The van der Waals surface area contributed by atoms with Gasteiger partial charge in [-0.05, 0) is 58.8 Å². The summed E-state index contributed by atoms with van der Waals surface area (Å²) in [5.41, 5.74) is 8.36. The summed E-state index contributed by atoms with van der Waals surface area (Å²) in [6.07, 6.45) is 1.48. The molecule has 1 heterocycles. The highest BCUT2D eigenvalue weighted by molar-refractivity contribution is 14.1. The van der Waals surface area contributed by atoms with Gasteiger partial charge >= 0.3 is 0 Å². The molecule has 0 saturated heterocycles. The summed E-state index contributed by atoms with van der Waals surface area (Å²) < 4.78 is 1.17. The predicted octanol–water partition coefficient (Wildman–Crippen LogP) is 3.37. The van der Waals surface area contributed by atoms with Crippen LogP contribution in [0.2, 0.25) is 5.28 Å². The van der Waals surface area contributed by atoms with Crippen LogP contribution in [0, 0.1) is 10.5 Å². The minimum absolute atomic E-state index is 0.170. The van der Waals surface area contributed by atoms with Crippen molar-refractivity contribution >= 4 is 51.4 Å². The highest BCUT2D eigenvalue weighted by Gasteiger charge is 2.04. The minimum Gasteiger partial charge on any atom is -0.394 e. The van der Waals surface area contributed by atoms with Crippen molar-refractivity contribution in [1.82, 2.24) is 9.97 Å². The molecule has 88 valence electrons. The summed E-state index contributed by atoms with van der Waals surface area (Å²) in [5, 5.41) is 3.29. The second-order valence-corrected chi connectivity index (χ2v) is 5.03. The Morgan fingerprint density at radius 2 is 2.18 bits per heavy atom. The fourth-order valence-corrected chi connectivity index (χ4v) is 1.93. The smallest absolute Gasteiger partial charge is 0.224 e. The first-order valence-electron chi connectivity index (χ1n) is 4.87. The van der Waals surface area contributed by atoms with Gasteiger partial charge in [0.2, 0.25) is 5.28 Å². The van der Waals surface area contributed by atoms with Crippen molar-refractivity contribution in [2.45, 2.75) is 6.92 Å². The van der Waals surface area contributed by atoms with E-state index in [0.29, 0.717) is 11.5 Å². The molecule has 4 nitrogen and oxygen atoms in total. The van der Waals surface area contributed by atoms with Crippen molar-refractivity contribution in [3.05, 3.63) is 38.8 Å². The number of rotatable bonds is 2. The Morgan fingerprint density at radius 1 is 1.41 bits per heavy atom. The number of nitrogen functional groups attached to an aromatic ring is 1. The van der Waals surface area contributed by atoms with Crippen LogP contribution in [0.15, 0.2) is 24.4 Å². The molecule has 17 heavy (non-hydrogen) atoms. The number of nitrogens with one attached hydrogen (secondary N) is 1. The fourth-order valence-electron chi connectivity index (χ4n) is 1.28. The van der Waals surface area contributed by atoms with Crippen molar-refractivity contribution in [3.8, 4) is 0 Å². The molecular weight excluding hydrogens is 351 g/mol. The lowest BCUT2D eigenvalue weighted by Gasteiger charge is -2.09. The van der Waals surface area contributed by atoms with E-state index in [2.05, 4.69) is 44.8 Å². The Hall–Kier alpha value is -1.08. The van der Waals surface area contributed by atoms with Crippen LogP contribution in [0.3, 0.4) is 0 Å². The molecule has 0 saturated carbocycles. The standard InChI is InChI=1S/C11H10ClIN4/c1-6-2-3-7(4-8(6)13)16-10-9(14)5-15-11(12)17-10/h2-5H,14H2,1H3,(H,15,16,17). The average molecular weight is 361 g/mol. The Labute approximate surface area is 118 Å². The van der Waals surface area contributed by atoms with E-state index in [4.69, 9.17) is 17.3 Å². The van der Waals surface area contributed by atoms with E-state index >= 15 is 0 Å². The third kappa shape index (κ3) is 2.98. The van der Waals surface area contributed by atoms with E-state index in [1.54, 1.807) is 0 Å². The van der Waals surface area contributed by atoms with Gasteiger partial charge in [0.05, 0.1) is 11.9 Å². The monoisotopic (exact) mass is 360 g/mol. The van der Waals surface area contributed by atoms with Crippen LogP contribution in [-0.4, -0.2) is 9.97 Å². The topological polar surface area (TPSA) is 63.8 Å². The molecule has 0 radical (unpaired) electrons. The SMILES string of the molecule is Cc1ccc(Nc2nc(Cl)ncc2N)cc1I. The number of anilines is 3. The lowest BCUT2D eigenvalue weighted by molar-refractivity contribution is 1.17. The third-order valence-electron chi connectivity index (χ3n) is 2.22. The Balaban J connectivity index is 2.31. The van der Waals surface area contributed by atoms with Crippen LogP contribution < -0.4 is 11.1 Å². The molecule has 0 atom stereocenters. The van der Waals surface area contributed by atoms with Gasteiger partial charge in [-0.25, -0.2) is 4.98 Å². The van der Waals surface area contributed by atoms with Crippen molar-refractivity contribution in [3.63, 3.8) is 0 Å².